The SMILES string of the molecule is CC(CNc1ccccc1)N1CCN(C(C)(C)C)CC1. The van der Waals surface area contributed by atoms with Crippen molar-refractivity contribution >= 4 is 5.69 Å². The fourth-order valence-electron chi connectivity index (χ4n) is 2.78. The molecule has 0 amide bonds. The Hall–Kier alpha value is -1.06. The van der Waals surface area contributed by atoms with Gasteiger partial charge in [0.2, 0.25) is 0 Å². The number of para-hydroxylation sites is 1. The highest BCUT2D eigenvalue weighted by Gasteiger charge is 2.27. The number of hydrogen-bond acceptors (Lipinski definition) is 3. The van der Waals surface area contributed by atoms with Crippen molar-refractivity contribution in [1.82, 2.24) is 9.80 Å². The standard InChI is InChI=1S/C17H29N3/c1-15(14-18-16-8-6-5-7-9-16)19-10-12-20(13-11-19)17(2,3)4/h5-9,15,18H,10-14H2,1-4H3. The minimum atomic E-state index is 0.303. The van der Waals surface area contributed by atoms with Gasteiger partial charge in [-0.1, -0.05) is 18.2 Å². The molecule has 1 fully saturated rings. The van der Waals surface area contributed by atoms with Crippen LogP contribution in [0.5, 0.6) is 0 Å². The molecule has 0 aromatic heterocycles. The molecule has 1 N–H and O–H groups in total. The summed E-state index contributed by atoms with van der Waals surface area (Å²) in [6.45, 7) is 15.0. The van der Waals surface area contributed by atoms with E-state index in [0.29, 0.717) is 11.6 Å². The fourth-order valence-corrected chi connectivity index (χ4v) is 2.78. The minimum Gasteiger partial charge on any atom is -0.383 e. The van der Waals surface area contributed by atoms with Crippen molar-refractivity contribution in [3.8, 4) is 0 Å². The van der Waals surface area contributed by atoms with Gasteiger partial charge in [0.15, 0.2) is 0 Å². The van der Waals surface area contributed by atoms with Gasteiger partial charge in [0.25, 0.3) is 0 Å². The third kappa shape index (κ3) is 4.22. The summed E-state index contributed by atoms with van der Waals surface area (Å²) in [5.41, 5.74) is 1.52. The molecule has 1 unspecified atom stereocenters. The Morgan fingerprint density at radius 2 is 1.65 bits per heavy atom. The first-order valence-corrected chi connectivity index (χ1v) is 7.75. The zero-order chi connectivity index (χ0) is 14.6. The Kier molecular flexibility index (Phi) is 5.06. The van der Waals surface area contributed by atoms with Gasteiger partial charge in [0, 0.05) is 50.0 Å². The summed E-state index contributed by atoms with van der Waals surface area (Å²) in [6.07, 6.45) is 0. The molecule has 0 saturated carbocycles. The largest absolute Gasteiger partial charge is 0.383 e. The molecule has 0 bridgehead atoms. The van der Waals surface area contributed by atoms with Gasteiger partial charge in [0.05, 0.1) is 0 Å². The summed E-state index contributed by atoms with van der Waals surface area (Å²) in [4.78, 5) is 5.18. The molecule has 1 atom stereocenters. The zero-order valence-corrected chi connectivity index (χ0v) is 13.4. The van der Waals surface area contributed by atoms with Gasteiger partial charge in [-0.2, -0.15) is 0 Å². The van der Waals surface area contributed by atoms with Crippen LogP contribution in [0.2, 0.25) is 0 Å². The highest BCUT2D eigenvalue weighted by atomic mass is 15.3. The molecule has 20 heavy (non-hydrogen) atoms. The van der Waals surface area contributed by atoms with E-state index in [1.54, 1.807) is 0 Å². The lowest BCUT2D eigenvalue weighted by Gasteiger charge is -2.44. The van der Waals surface area contributed by atoms with Crippen LogP contribution in [-0.2, 0) is 0 Å². The number of anilines is 1. The van der Waals surface area contributed by atoms with Crippen LogP contribution in [0.3, 0.4) is 0 Å². The average molecular weight is 275 g/mol. The molecule has 3 heteroatoms. The predicted molar refractivity (Wildman–Crippen MR) is 87.3 cm³/mol. The van der Waals surface area contributed by atoms with Crippen molar-refractivity contribution in [3.05, 3.63) is 30.3 Å². The first-order valence-electron chi connectivity index (χ1n) is 7.75. The van der Waals surface area contributed by atoms with Crippen molar-refractivity contribution in [2.45, 2.75) is 39.3 Å². The summed E-state index contributed by atoms with van der Waals surface area (Å²) in [7, 11) is 0. The number of hydrogen-bond donors (Lipinski definition) is 1. The predicted octanol–water partition coefficient (Wildman–Crippen LogP) is 2.90. The zero-order valence-electron chi connectivity index (χ0n) is 13.4. The lowest BCUT2D eigenvalue weighted by atomic mass is 10.0. The third-order valence-corrected chi connectivity index (χ3v) is 4.26. The van der Waals surface area contributed by atoms with Gasteiger partial charge in [-0.05, 0) is 39.8 Å². The molecule has 1 aliphatic rings. The average Bonchev–Trinajstić information content (AvgIpc) is 2.45. The van der Waals surface area contributed by atoms with Crippen LogP contribution in [0.4, 0.5) is 5.69 Å². The lowest BCUT2D eigenvalue weighted by molar-refractivity contribution is 0.0480. The first-order chi connectivity index (χ1) is 9.47. The molecule has 2 rings (SSSR count). The van der Waals surface area contributed by atoms with Gasteiger partial charge in [0.1, 0.15) is 0 Å². The molecule has 3 nitrogen and oxygen atoms in total. The number of nitrogens with zero attached hydrogens (tertiary/aromatic N) is 2. The summed E-state index contributed by atoms with van der Waals surface area (Å²) in [6, 6.07) is 11.1. The smallest absolute Gasteiger partial charge is 0.0340 e. The highest BCUT2D eigenvalue weighted by molar-refractivity contribution is 5.42. The Balaban J connectivity index is 1.76. The molecule has 0 radical (unpaired) electrons. The van der Waals surface area contributed by atoms with E-state index in [9.17, 15) is 0 Å². The van der Waals surface area contributed by atoms with Crippen LogP contribution in [-0.4, -0.2) is 54.1 Å². The maximum Gasteiger partial charge on any atom is 0.0340 e. The van der Waals surface area contributed by atoms with Crippen molar-refractivity contribution < 1.29 is 0 Å². The van der Waals surface area contributed by atoms with Crippen molar-refractivity contribution in [1.29, 1.82) is 0 Å². The third-order valence-electron chi connectivity index (χ3n) is 4.26. The molecular formula is C17H29N3. The van der Waals surface area contributed by atoms with Crippen molar-refractivity contribution in [2.24, 2.45) is 0 Å². The molecular weight excluding hydrogens is 246 g/mol. The van der Waals surface area contributed by atoms with Crippen LogP contribution in [0.15, 0.2) is 30.3 Å². The van der Waals surface area contributed by atoms with E-state index in [1.807, 2.05) is 0 Å². The van der Waals surface area contributed by atoms with Crippen LogP contribution in [0.25, 0.3) is 0 Å². The lowest BCUT2D eigenvalue weighted by Crippen LogP contribution is -2.56. The minimum absolute atomic E-state index is 0.303. The van der Waals surface area contributed by atoms with Crippen LogP contribution >= 0.6 is 0 Å². The second-order valence-corrected chi connectivity index (χ2v) is 6.79. The second kappa shape index (κ2) is 6.59. The van der Waals surface area contributed by atoms with E-state index in [-0.39, 0.29) is 0 Å². The normalized spacial score (nSPS) is 19.8. The topological polar surface area (TPSA) is 18.5 Å². The van der Waals surface area contributed by atoms with E-state index < -0.39 is 0 Å². The van der Waals surface area contributed by atoms with E-state index in [0.717, 1.165) is 6.54 Å². The monoisotopic (exact) mass is 275 g/mol. The van der Waals surface area contributed by atoms with Crippen LogP contribution in [0, 0.1) is 0 Å². The van der Waals surface area contributed by atoms with Crippen LogP contribution in [0.1, 0.15) is 27.7 Å². The molecule has 0 spiro atoms. The molecule has 1 saturated heterocycles. The van der Waals surface area contributed by atoms with Crippen molar-refractivity contribution in [3.63, 3.8) is 0 Å². The van der Waals surface area contributed by atoms with Crippen LogP contribution < -0.4 is 5.32 Å². The Bertz CT molecular complexity index is 388. The Morgan fingerprint density at radius 3 is 2.20 bits per heavy atom. The second-order valence-electron chi connectivity index (χ2n) is 6.79. The highest BCUT2D eigenvalue weighted by Crippen LogP contribution is 2.17. The maximum absolute atomic E-state index is 3.53. The van der Waals surface area contributed by atoms with E-state index in [1.165, 1.54) is 31.9 Å². The van der Waals surface area contributed by atoms with Gasteiger partial charge in [-0.15, -0.1) is 0 Å². The summed E-state index contributed by atoms with van der Waals surface area (Å²) in [5, 5.41) is 3.53. The molecule has 0 aliphatic carbocycles. The maximum atomic E-state index is 3.53. The number of piperazine rings is 1. The van der Waals surface area contributed by atoms with E-state index >= 15 is 0 Å². The van der Waals surface area contributed by atoms with Gasteiger partial charge in [-0.25, -0.2) is 0 Å². The fraction of sp³-hybridized carbons (Fsp3) is 0.647. The number of benzene rings is 1. The van der Waals surface area contributed by atoms with Gasteiger partial charge in [-0.3, -0.25) is 9.80 Å². The Morgan fingerprint density at radius 1 is 1.05 bits per heavy atom. The molecule has 1 aromatic carbocycles. The quantitative estimate of drug-likeness (QED) is 0.911. The number of rotatable bonds is 4. The summed E-state index contributed by atoms with van der Waals surface area (Å²) >= 11 is 0. The molecule has 112 valence electrons. The van der Waals surface area contributed by atoms with Gasteiger partial charge >= 0.3 is 0 Å². The summed E-state index contributed by atoms with van der Waals surface area (Å²) in [5.74, 6) is 0. The first kappa shape index (κ1) is 15.3. The van der Waals surface area contributed by atoms with Crippen molar-refractivity contribution in [2.75, 3.05) is 38.0 Å². The van der Waals surface area contributed by atoms with Gasteiger partial charge < -0.3 is 5.32 Å². The van der Waals surface area contributed by atoms with E-state index in [2.05, 4.69) is 73.1 Å². The molecule has 1 aromatic rings. The summed E-state index contributed by atoms with van der Waals surface area (Å²) < 4.78 is 0. The molecule has 1 aliphatic heterocycles. The number of nitrogens with one attached hydrogen (secondary N) is 1. The van der Waals surface area contributed by atoms with E-state index in [4.69, 9.17) is 0 Å². The molecule has 1 heterocycles. The Labute approximate surface area is 124 Å².